The van der Waals surface area contributed by atoms with E-state index in [-0.39, 0.29) is 24.5 Å². The van der Waals surface area contributed by atoms with E-state index in [2.05, 4.69) is 15.6 Å². The van der Waals surface area contributed by atoms with E-state index in [4.69, 9.17) is 14.2 Å². The van der Waals surface area contributed by atoms with Gasteiger partial charge in [-0.25, -0.2) is 14.4 Å². The lowest BCUT2D eigenvalue weighted by molar-refractivity contribution is -0.140. The molecular weight excluding hydrogens is 426 g/mol. The van der Waals surface area contributed by atoms with Crippen molar-refractivity contribution < 1.29 is 28.6 Å². The van der Waals surface area contributed by atoms with Gasteiger partial charge < -0.3 is 24.8 Å². The predicted molar refractivity (Wildman–Crippen MR) is 120 cm³/mol. The maximum absolute atomic E-state index is 12.2. The lowest BCUT2D eigenvalue weighted by Gasteiger charge is -2.26. The molecule has 33 heavy (non-hydrogen) atoms. The molecule has 0 radical (unpaired) electrons. The van der Waals surface area contributed by atoms with Crippen LogP contribution in [-0.2, 0) is 25.7 Å². The maximum Gasteiger partial charge on any atom is 0.338 e. The largest absolute Gasteiger partial charge is 0.487 e. The molecule has 1 aromatic heterocycles. The number of nitrogens with zero attached hydrogens (tertiary/aromatic N) is 1. The fourth-order valence-corrected chi connectivity index (χ4v) is 3.06. The molecular formula is C24H25N3O6. The topological polar surface area (TPSA) is 116 Å². The second kappa shape index (κ2) is 11.5. The van der Waals surface area contributed by atoms with Gasteiger partial charge in [0.05, 0.1) is 29.6 Å². The van der Waals surface area contributed by atoms with E-state index in [0.717, 1.165) is 11.3 Å². The number of nitrogens with one attached hydrogen (secondary N) is 2. The summed E-state index contributed by atoms with van der Waals surface area (Å²) >= 11 is 0. The molecule has 2 aromatic rings. The minimum atomic E-state index is -0.623. The highest BCUT2D eigenvalue weighted by Crippen LogP contribution is 2.16. The van der Waals surface area contributed by atoms with Crippen molar-refractivity contribution in [2.45, 2.75) is 26.5 Å². The first kappa shape index (κ1) is 23.5. The average molecular weight is 451 g/mol. The summed E-state index contributed by atoms with van der Waals surface area (Å²) in [7, 11) is 0. The number of esters is 2. The van der Waals surface area contributed by atoms with Crippen molar-refractivity contribution in [3.05, 3.63) is 77.3 Å². The number of pyridine rings is 1. The van der Waals surface area contributed by atoms with Gasteiger partial charge >= 0.3 is 18.0 Å². The maximum atomic E-state index is 12.2. The Morgan fingerprint density at radius 1 is 1.09 bits per heavy atom. The lowest BCUT2D eigenvalue weighted by Crippen LogP contribution is -2.50. The van der Waals surface area contributed by atoms with Crippen molar-refractivity contribution in [2.24, 2.45) is 0 Å². The van der Waals surface area contributed by atoms with Crippen molar-refractivity contribution in [3.8, 4) is 5.75 Å². The summed E-state index contributed by atoms with van der Waals surface area (Å²) in [5.41, 5.74) is 2.01. The van der Waals surface area contributed by atoms with E-state index >= 15 is 0 Å². The number of urea groups is 1. The normalized spacial score (nSPS) is 15.6. The Morgan fingerprint density at radius 3 is 2.58 bits per heavy atom. The average Bonchev–Trinajstić information content (AvgIpc) is 2.81. The van der Waals surface area contributed by atoms with Crippen molar-refractivity contribution >= 4 is 24.0 Å². The summed E-state index contributed by atoms with van der Waals surface area (Å²) in [6, 6.07) is 11.7. The molecule has 0 saturated carbocycles. The van der Waals surface area contributed by atoms with Crippen LogP contribution in [0.4, 0.5) is 4.79 Å². The molecule has 0 bridgehead atoms. The van der Waals surface area contributed by atoms with Crippen LogP contribution in [0.3, 0.4) is 0 Å². The van der Waals surface area contributed by atoms with Crippen LogP contribution in [0.1, 0.15) is 25.1 Å². The molecule has 1 aromatic carbocycles. The molecule has 9 nitrogen and oxygen atoms in total. The summed E-state index contributed by atoms with van der Waals surface area (Å²) in [6.07, 6.45) is 4.56. The summed E-state index contributed by atoms with van der Waals surface area (Å²) in [5.74, 6) is -0.527. The Bertz CT molecular complexity index is 1050. The molecule has 9 heteroatoms. The van der Waals surface area contributed by atoms with Crippen LogP contribution in [-0.4, -0.2) is 42.2 Å². The van der Waals surface area contributed by atoms with Crippen LogP contribution >= 0.6 is 0 Å². The number of aromatic nitrogens is 1. The number of amides is 2. The third-order valence-electron chi connectivity index (χ3n) is 4.63. The molecule has 1 atom stereocenters. The summed E-state index contributed by atoms with van der Waals surface area (Å²) < 4.78 is 15.9. The molecule has 0 saturated heterocycles. The first-order chi connectivity index (χ1) is 16.0. The number of carbonyl (C=O) groups is 3. The Kier molecular flexibility index (Phi) is 8.18. The fraction of sp³-hybridized carbons (Fsp3) is 0.250. The summed E-state index contributed by atoms with van der Waals surface area (Å²) in [4.78, 5) is 40.3. The number of hydrogen-bond donors (Lipinski definition) is 2. The van der Waals surface area contributed by atoms with Gasteiger partial charge in [-0.15, -0.1) is 0 Å². The zero-order valence-corrected chi connectivity index (χ0v) is 18.4. The van der Waals surface area contributed by atoms with E-state index in [1.165, 1.54) is 6.08 Å². The first-order valence-corrected chi connectivity index (χ1v) is 10.4. The zero-order valence-electron chi connectivity index (χ0n) is 18.4. The zero-order chi connectivity index (χ0) is 23.6. The van der Waals surface area contributed by atoms with Crippen molar-refractivity contribution in [3.63, 3.8) is 0 Å². The van der Waals surface area contributed by atoms with Gasteiger partial charge in [0.25, 0.3) is 0 Å². The van der Waals surface area contributed by atoms with Gasteiger partial charge in [0, 0.05) is 12.3 Å². The first-order valence-electron chi connectivity index (χ1n) is 10.4. The highest BCUT2D eigenvalue weighted by Gasteiger charge is 2.30. The molecule has 2 heterocycles. The highest BCUT2D eigenvalue weighted by atomic mass is 16.5. The fourth-order valence-electron chi connectivity index (χ4n) is 3.06. The lowest BCUT2D eigenvalue weighted by atomic mass is 10.0. The Balaban J connectivity index is 1.55. The summed E-state index contributed by atoms with van der Waals surface area (Å²) in [5, 5.41) is 5.08. The van der Waals surface area contributed by atoms with Gasteiger partial charge in [-0.05, 0) is 49.8 Å². The Hall–Kier alpha value is -4.14. The minimum Gasteiger partial charge on any atom is -0.487 e. The quantitative estimate of drug-likeness (QED) is 0.445. The van der Waals surface area contributed by atoms with Crippen LogP contribution < -0.4 is 15.4 Å². The van der Waals surface area contributed by atoms with Crippen LogP contribution in [0.25, 0.3) is 6.08 Å². The highest BCUT2D eigenvalue weighted by molar-refractivity contribution is 5.95. The van der Waals surface area contributed by atoms with Gasteiger partial charge in [-0.2, -0.15) is 0 Å². The Labute approximate surface area is 191 Å². The third-order valence-corrected chi connectivity index (χ3v) is 4.63. The van der Waals surface area contributed by atoms with Crippen molar-refractivity contribution in [1.82, 2.24) is 15.6 Å². The van der Waals surface area contributed by atoms with Crippen LogP contribution in [0, 0.1) is 0 Å². The van der Waals surface area contributed by atoms with Gasteiger partial charge in [-0.3, -0.25) is 4.98 Å². The Morgan fingerprint density at radius 2 is 1.88 bits per heavy atom. The van der Waals surface area contributed by atoms with Gasteiger partial charge in [0.2, 0.25) is 0 Å². The SMILES string of the molecule is CCOC(=O)C1=C(COC(=O)/C=C/c2ccc(OCc3ccccn3)cc2)NC(=O)NC1C. The molecule has 172 valence electrons. The number of rotatable bonds is 9. The molecule has 0 fully saturated rings. The molecule has 0 spiro atoms. The number of benzene rings is 1. The molecule has 1 unspecified atom stereocenters. The third kappa shape index (κ3) is 6.93. The summed E-state index contributed by atoms with van der Waals surface area (Å²) in [6.45, 7) is 3.61. The number of carbonyl (C=O) groups excluding carboxylic acids is 3. The van der Waals surface area contributed by atoms with Crippen molar-refractivity contribution in [1.29, 1.82) is 0 Å². The predicted octanol–water partition coefficient (Wildman–Crippen LogP) is 2.74. The molecule has 0 aliphatic carbocycles. The van der Waals surface area contributed by atoms with Crippen LogP contribution in [0.2, 0.25) is 0 Å². The molecule has 1 aliphatic rings. The second-order valence-electron chi connectivity index (χ2n) is 7.05. The molecule has 1 aliphatic heterocycles. The standard InChI is InChI=1S/C24H25N3O6/c1-3-31-23(29)22-16(2)26-24(30)27-20(22)15-33-21(28)12-9-17-7-10-19(11-8-17)32-14-18-6-4-5-13-25-18/h4-13,16H,3,14-15H2,1-2H3,(H2,26,27,30)/b12-9+. The smallest absolute Gasteiger partial charge is 0.338 e. The van der Waals surface area contributed by atoms with E-state index in [0.29, 0.717) is 12.4 Å². The number of hydrogen-bond acceptors (Lipinski definition) is 7. The van der Waals surface area contributed by atoms with E-state index < -0.39 is 24.0 Å². The van der Waals surface area contributed by atoms with Gasteiger partial charge in [-0.1, -0.05) is 18.2 Å². The minimum absolute atomic E-state index is 0.186. The van der Waals surface area contributed by atoms with Gasteiger partial charge in [0.1, 0.15) is 19.0 Å². The molecule has 2 amide bonds. The van der Waals surface area contributed by atoms with E-state index in [9.17, 15) is 14.4 Å². The van der Waals surface area contributed by atoms with E-state index in [1.807, 2.05) is 18.2 Å². The van der Waals surface area contributed by atoms with Crippen molar-refractivity contribution in [2.75, 3.05) is 13.2 Å². The monoisotopic (exact) mass is 451 g/mol. The molecule has 2 N–H and O–H groups in total. The van der Waals surface area contributed by atoms with Gasteiger partial charge in [0.15, 0.2) is 0 Å². The molecule has 3 rings (SSSR count). The second-order valence-corrected chi connectivity index (χ2v) is 7.05. The van der Waals surface area contributed by atoms with Crippen LogP contribution in [0.5, 0.6) is 5.75 Å². The number of ether oxygens (including phenoxy) is 3. The van der Waals surface area contributed by atoms with E-state index in [1.54, 1.807) is 50.4 Å². The van der Waals surface area contributed by atoms with Crippen LogP contribution in [0.15, 0.2) is 66.0 Å².